The Morgan fingerprint density at radius 2 is 1.10 bits per heavy atom. The highest BCUT2D eigenvalue weighted by Gasteiger charge is 2.52. The Morgan fingerprint density at radius 3 is 1.76 bits per heavy atom. The SMILES string of the molecule is CC(C)(C)c1cc2c3c(c1)C(C)(C)c1cccc4c1B3c1c-4cccc1N2c1ccc2c(c1)N(c1ccccc1)C(C)(C)N2c1ccccc1. The van der Waals surface area contributed by atoms with E-state index in [0.29, 0.717) is 0 Å². The second-order valence-corrected chi connectivity index (χ2v) is 16.6. The minimum atomic E-state index is -0.349. The number of fused-ring (bicyclic) bond motifs is 2. The molecule has 50 heavy (non-hydrogen) atoms. The van der Waals surface area contributed by atoms with Crippen molar-refractivity contribution in [2.24, 2.45) is 0 Å². The van der Waals surface area contributed by atoms with Crippen molar-refractivity contribution < 1.29 is 0 Å². The topological polar surface area (TPSA) is 9.72 Å². The van der Waals surface area contributed by atoms with E-state index in [4.69, 9.17) is 0 Å². The molecule has 4 aliphatic rings. The zero-order chi connectivity index (χ0) is 34.3. The molecule has 0 unspecified atom stereocenters. The summed E-state index contributed by atoms with van der Waals surface area (Å²) in [7, 11) is 0. The van der Waals surface area contributed by atoms with Gasteiger partial charge in [0.15, 0.2) is 0 Å². The number of nitrogens with zero attached hydrogens (tertiary/aromatic N) is 3. The zero-order valence-electron chi connectivity index (χ0n) is 30.0. The molecule has 0 bridgehead atoms. The van der Waals surface area contributed by atoms with Crippen molar-refractivity contribution in [3.05, 3.63) is 144 Å². The molecule has 0 fully saturated rings. The van der Waals surface area contributed by atoms with Crippen molar-refractivity contribution in [1.29, 1.82) is 0 Å². The number of para-hydroxylation sites is 2. The summed E-state index contributed by atoms with van der Waals surface area (Å²) in [5.74, 6) is 0. The fourth-order valence-electron chi connectivity index (χ4n) is 9.78. The summed E-state index contributed by atoms with van der Waals surface area (Å²) in [6.07, 6.45) is 0. The molecular formula is C46H42BN3. The van der Waals surface area contributed by atoms with Gasteiger partial charge < -0.3 is 14.7 Å². The Kier molecular flexibility index (Phi) is 5.77. The van der Waals surface area contributed by atoms with E-state index in [-0.39, 0.29) is 23.2 Å². The summed E-state index contributed by atoms with van der Waals surface area (Å²) in [5.41, 5.74) is 19.7. The molecule has 0 spiro atoms. The lowest BCUT2D eigenvalue weighted by atomic mass is 9.31. The zero-order valence-corrected chi connectivity index (χ0v) is 30.0. The van der Waals surface area contributed by atoms with Crippen molar-refractivity contribution in [3.8, 4) is 11.1 Å². The van der Waals surface area contributed by atoms with Crippen molar-refractivity contribution in [2.45, 2.75) is 65.0 Å². The van der Waals surface area contributed by atoms with E-state index in [1.165, 1.54) is 84.0 Å². The smallest absolute Gasteiger partial charge is 0.249 e. The van der Waals surface area contributed by atoms with E-state index >= 15 is 0 Å². The molecule has 0 radical (unpaired) electrons. The van der Waals surface area contributed by atoms with E-state index in [9.17, 15) is 0 Å². The largest absolute Gasteiger partial charge is 0.316 e. The quantitative estimate of drug-likeness (QED) is 0.177. The summed E-state index contributed by atoms with van der Waals surface area (Å²) in [6.45, 7) is 16.9. The highest BCUT2D eigenvalue weighted by atomic mass is 15.5. The van der Waals surface area contributed by atoms with Crippen LogP contribution in [0.25, 0.3) is 11.1 Å². The molecule has 4 heterocycles. The van der Waals surface area contributed by atoms with E-state index in [2.05, 4.69) is 191 Å². The highest BCUT2D eigenvalue weighted by molar-refractivity contribution is 7.02. The Balaban J connectivity index is 1.27. The van der Waals surface area contributed by atoms with Gasteiger partial charge in [0.1, 0.15) is 5.66 Å². The Morgan fingerprint density at radius 1 is 0.480 bits per heavy atom. The van der Waals surface area contributed by atoms with Crippen LogP contribution in [0.5, 0.6) is 0 Å². The predicted molar refractivity (Wildman–Crippen MR) is 213 cm³/mol. The van der Waals surface area contributed by atoms with Crippen LogP contribution >= 0.6 is 0 Å². The Hall–Kier alpha value is -5.22. The first-order valence-electron chi connectivity index (χ1n) is 18.1. The van der Waals surface area contributed by atoms with Gasteiger partial charge in [-0.05, 0) is 113 Å². The van der Waals surface area contributed by atoms with E-state index in [0.717, 1.165) is 0 Å². The fraction of sp³-hybridized carbons (Fsp3) is 0.217. The van der Waals surface area contributed by atoms with Crippen LogP contribution in [-0.4, -0.2) is 12.4 Å². The van der Waals surface area contributed by atoms with Gasteiger partial charge in [0.25, 0.3) is 0 Å². The van der Waals surface area contributed by atoms with Gasteiger partial charge in [-0.2, -0.15) is 0 Å². The van der Waals surface area contributed by atoms with Crippen LogP contribution in [0.15, 0.2) is 127 Å². The first kappa shape index (κ1) is 29.7. The molecular weight excluding hydrogens is 605 g/mol. The maximum absolute atomic E-state index is 2.60. The van der Waals surface area contributed by atoms with Gasteiger partial charge in [0, 0.05) is 33.9 Å². The van der Waals surface area contributed by atoms with Crippen molar-refractivity contribution in [3.63, 3.8) is 0 Å². The third kappa shape index (κ3) is 3.72. The maximum atomic E-state index is 2.60. The molecule has 3 nitrogen and oxygen atoms in total. The number of rotatable bonds is 3. The third-order valence-corrected chi connectivity index (χ3v) is 12.0. The first-order valence-corrected chi connectivity index (χ1v) is 18.1. The molecule has 0 aliphatic carbocycles. The summed E-state index contributed by atoms with van der Waals surface area (Å²) < 4.78 is 0. The molecule has 6 aromatic rings. The molecule has 0 atom stereocenters. The van der Waals surface area contributed by atoms with Crippen molar-refractivity contribution in [1.82, 2.24) is 0 Å². The second kappa shape index (κ2) is 9.72. The molecule has 6 aromatic carbocycles. The van der Waals surface area contributed by atoms with Crippen molar-refractivity contribution in [2.75, 3.05) is 14.7 Å². The predicted octanol–water partition coefficient (Wildman–Crippen LogP) is 9.93. The molecule has 0 saturated heterocycles. The molecule has 4 aliphatic heterocycles. The van der Waals surface area contributed by atoms with Crippen LogP contribution < -0.4 is 31.1 Å². The first-order chi connectivity index (χ1) is 24.0. The minimum absolute atomic E-state index is 0.00450. The number of benzene rings is 6. The summed E-state index contributed by atoms with van der Waals surface area (Å²) in [6, 6.07) is 47.9. The van der Waals surface area contributed by atoms with E-state index in [1.807, 2.05) is 0 Å². The molecule has 0 saturated carbocycles. The van der Waals surface area contributed by atoms with Gasteiger partial charge in [-0.15, -0.1) is 0 Å². The van der Waals surface area contributed by atoms with Gasteiger partial charge in [-0.25, -0.2) is 0 Å². The minimum Gasteiger partial charge on any atom is -0.316 e. The van der Waals surface area contributed by atoms with Crippen LogP contribution in [-0.2, 0) is 10.8 Å². The monoisotopic (exact) mass is 647 g/mol. The number of anilines is 7. The molecule has 244 valence electrons. The Bertz CT molecular complexity index is 2390. The van der Waals surface area contributed by atoms with Gasteiger partial charge in [0.05, 0.1) is 11.4 Å². The van der Waals surface area contributed by atoms with Crippen LogP contribution in [0.3, 0.4) is 0 Å². The average molecular weight is 648 g/mol. The van der Waals surface area contributed by atoms with Gasteiger partial charge >= 0.3 is 0 Å². The fourth-order valence-corrected chi connectivity index (χ4v) is 9.78. The molecule has 10 rings (SSSR count). The van der Waals surface area contributed by atoms with Gasteiger partial charge in [-0.1, -0.05) is 113 Å². The lowest BCUT2D eigenvalue weighted by molar-refractivity contribution is 0.540. The standard InChI is InChI=1S/C46H42BN3/c1-44(2,3)29-26-36-43-40(27-29)48(38-23-15-21-34-33-20-14-22-35(45(36,4)5)41(33)47(43)42(34)38)32-24-25-37-39(28-32)50(31-18-12-9-13-19-31)46(6,7)49(37)30-16-10-8-11-17-30/h8-28H,1-7H3. The number of hydrogen-bond donors (Lipinski definition) is 0. The molecule has 4 heteroatoms. The maximum Gasteiger partial charge on any atom is 0.249 e. The normalized spacial score (nSPS) is 16.9. The molecule has 0 aromatic heterocycles. The van der Waals surface area contributed by atoms with E-state index < -0.39 is 0 Å². The lowest BCUT2D eigenvalue weighted by Crippen LogP contribution is -2.62. The van der Waals surface area contributed by atoms with Crippen LogP contribution in [0.4, 0.5) is 39.8 Å². The number of hydrogen-bond acceptors (Lipinski definition) is 3. The summed E-state index contributed by atoms with van der Waals surface area (Å²) in [4.78, 5) is 7.61. The molecule has 0 amide bonds. The van der Waals surface area contributed by atoms with Gasteiger partial charge in [0.2, 0.25) is 6.71 Å². The molecule has 0 N–H and O–H groups in total. The van der Waals surface area contributed by atoms with Crippen LogP contribution in [0.2, 0.25) is 0 Å². The Labute approximate surface area is 296 Å². The lowest BCUT2D eigenvalue weighted by Gasteiger charge is -2.45. The van der Waals surface area contributed by atoms with Crippen LogP contribution in [0.1, 0.15) is 65.2 Å². The average Bonchev–Trinajstić information content (AvgIpc) is 3.56. The van der Waals surface area contributed by atoms with E-state index in [1.54, 1.807) is 0 Å². The van der Waals surface area contributed by atoms with Gasteiger partial charge in [-0.3, -0.25) is 0 Å². The summed E-state index contributed by atoms with van der Waals surface area (Å²) >= 11 is 0. The van der Waals surface area contributed by atoms with Crippen LogP contribution in [0, 0.1) is 0 Å². The highest BCUT2D eigenvalue weighted by Crippen LogP contribution is 2.55. The van der Waals surface area contributed by atoms with Crippen molar-refractivity contribution >= 4 is 62.9 Å². The second-order valence-electron chi connectivity index (χ2n) is 16.6. The summed E-state index contributed by atoms with van der Waals surface area (Å²) in [5, 5.41) is 0. The third-order valence-electron chi connectivity index (χ3n) is 12.0.